The summed E-state index contributed by atoms with van der Waals surface area (Å²) < 4.78 is 6.12. The highest BCUT2D eigenvalue weighted by Gasteiger charge is 2.34. The van der Waals surface area contributed by atoms with Crippen LogP contribution in [0.5, 0.6) is 0 Å². The van der Waals surface area contributed by atoms with Crippen LogP contribution in [0.2, 0.25) is 0 Å². The topological polar surface area (TPSA) is 46.6 Å². The van der Waals surface area contributed by atoms with Gasteiger partial charge in [-0.2, -0.15) is 0 Å². The molecule has 126 valence electrons. The molecule has 0 aromatic heterocycles. The quantitative estimate of drug-likeness (QED) is 0.702. The molecule has 1 saturated carbocycles. The van der Waals surface area contributed by atoms with Crippen LogP contribution in [0.4, 0.5) is 0 Å². The number of hydrogen-bond donors (Lipinski definition) is 0. The number of carbonyl (C=O) groups is 2. The number of benzene rings is 1. The van der Waals surface area contributed by atoms with Gasteiger partial charge in [0.1, 0.15) is 11.6 Å². The van der Waals surface area contributed by atoms with Crippen molar-refractivity contribution in [2.45, 2.75) is 58.3 Å². The first-order valence-electron chi connectivity index (χ1n) is 8.51. The highest BCUT2D eigenvalue weighted by molar-refractivity contribution is 5.82. The van der Waals surface area contributed by atoms with E-state index < -0.39 is 0 Å². The van der Waals surface area contributed by atoms with E-state index in [0.29, 0.717) is 26.1 Å². The van der Waals surface area contributed by atoms with Gasteiger partial charge in [-0.05, 0) is 31.7 Å². The molecule has 0 heterocycles. The first kappa shape index (κ1) is 17.8. The minimum Gasteiger partial charge on any atom is -0.372 e. The van der Waals surface area contributed by atoms with E-state index in [1.54, 1.807) is 6.92 Å². The van der Waals surface area contributed by atoms with Crippen LogP contribution in [-0.2, 0) is 20.9 Å². The van der Waals surface area contributed by atoms with E-state index in [1.165, 1.54) is 0 Å². The highest BCUT2D eigenvalue weighted by Crippen LogP contribution is 2.27. The Hall–Kier alpha value is -1.52. The molecule has 0 radical (unpaired) electrons. The summed E-state index contributed by atoms with van der Waals surface area (Å²) in [5.74, 6) is 0.280. The third kappa shape index (κ3) is 5.56. The third-order valence-electron chi connectivity index (χ3n) is 4.39. The standard InChI is InChI=1S/C19H27NO3/c1-3-17(22)13-20(12-15(2)21)18-10-7-11-19(18)23-14-16-8-5-4-6-9-16/h4-6,8-9,18-19H,3,7,10-14H2,1-2H3/t18-,19-/m0/s1. The zero-order valence-corrected chi connectivity index (χ0v) is 14.2. The van der Waals surface area contributed by atoms with Gasteiger partial charge in [0, 0.05) is 12.5 Å². The maximum Gasteiger partial charge on any atom is 0.146 e. The number of ketones is 2. The molecule has 1 aliphatic rings. The van der Waals surface area contributed by atoms with E-state index in [-0.39, 0.29) is 23.7 Å². The average molecular weight is 317 g/mol. The largest absolute Gasteiger partial charge is 0.372 e. The summed E-state index contributed by atoms with van der Waals surface area (Å²) in [6.45, 7) is 4.72. The molecule has 1 aromatic rings. The fourth-order valence-electron chi connectivity index (χ4n) is 3.21. The third-order valence-corrected chi connectivity index (χ3v) is 4.39. The van der Waals surface area contributed by atoms with Crippen molar-refractivity contribution in [3.05, 3.63) is 35.9 Å². The zero-order chi connectivity index (χ0) is 16.7. The van der Waals surface area contributed by atoms with Gasteiger partial charge < -0.3 is 4.74 Å². The lowest BCUT2D eigenvalue weighted by molar-refractivity contribution is -0.124. The molecule has 0 spiro atoms. The van der Waals surface area contributed by atoms with Gasteiger partial charge in [-0.3, -0.25) is 14.5 Å². The minimum atomic E-state index is 0.0965. The Morgan fingerprint density at radius 2 is 1.91 bits per heavy atom. The molecule has 0 aliphatic heterocycles. The summed E-state index contributed by atoms with van der Waals surface area (Å²) in [6, 6.07) is 10.3. The monoisotopic (exact) mass is 317 g/mol. The van der Waals surface area contributed by atoms with Gasteiger partial charge in [-0.15, -0.1) is 0 Å². The molecule has 0 amide bonds. The Kier molecular flexibility index (Phi) is 6.93. The average Bonchev–Trinajstić information content (AvgIpc) is 3.01. The van der Waals surface area contributed by atoms with Crippen molar-refractivity contribution in [1.82, 2.24) is 4.90 Å². The molecule has 2 atom stereocenters. The Morgan fingerprint density at radius 3 is 2.57 bits per heavy atom. The van der Waals surface area contributed by atoms with Crippen LogP contribution >= 0.6 is 0 Å². The fraction of sp³-hybridized carbons (Fsp3) is 0.579. The molecule has 4 nitrogen and oxygen atoms in total. The molecule has 4 heteroatoms. The van der Waals surface area contributed by atoms with E-state index in [0.717, 1.165) is 24.8 Å². The van der Waals surface area contributed by atoms with Crippen molar-refractivity contribution in [3.63, 3.8) is 0 Å². The molecule has 0 bridgehead atoms. The number of hydrogen-bond acceptors (Lipinski definition) is 4. The van der Waals surface area contributed by atoms with E-state index in [2.05, 4.69) is 12.1 Å². The first-order chi connectivity index (χ1) is 11.1. The van der Waals surface area contributed by atoms with Crippen molar-refractivity contribution >= 4 is 11.6 Å². The summed E-state index contributed by atoms with van der Waals surface area (Å²) >= 11 is 0. The van der Waals surface area contributed by atoms with Crippen molar-refractivity contribution in [3.8, 4) is 0 Å². The van der Waals surface area contributed by atoms with Crippen LogP contribution in [0.15, 0.2) is 30.3 Å². The lowest BCUT2D eigenvalue weighted by Gasteiger charge is -2.31. The molecule has 2 rings (SSSR count). The van der Waals surface area contributed by atoms with E-state index >= 15 is 0 Å². The first-order valence-corrected chi connectivity index (χ1v) is 8.51. The second-order valence-corrected chi connectivity index (χ2v) is 6.33. The Labute approximate surface area is 138 Å². The van der Waals surface area contributed by atoms with Crippen LogP contribution < -0.4 is 0 Å². The molecule has 23 heavy (non-hydrogen) atoms. The van der Waals surface area contributed by atoms with Gasteiger partial charge in [0.2, 0.25) is 0 Å². The highest BCUT2D eigenvalue weighted by atomic mass is 16.5. The molecular formula is C19H27NO3. The Morgan fingerprint density at radius 1 is 1.17 bits per heavy atom. The molecule has 1 fully saturated rings. The van der Waals surface area contributed by atoms with Gasteiger partial charge in [-0.1, -0.05) is 37.3 Å². The fourth-order valence-corrected chi connectivity index (χ4v) is 3.21. The van der Waals surface area contributed by atoms with Crippen LogP contribution in [0.3, 0.4) is 0 Å². The van der Waals surface area contributed by atoms with E-state index in [9.17, 15) is 9.59 Å². The van der Waals surface area contributed by atoms with Crippen molar-refractivity contribution in [2.24, 2.45) is 0 Å². The molecule has 1 aromatic carbocycles. The SMILES string of the molecule is CCC(=O)CN(CC(C)=O)[C@H]1CCC[C@@H]1OCc1ccccc1. The summed E-state index contributed by atoms with van der Waals surface area (Å²) in [4.78, 5) is 25.5. The van der Waals surface area contributed by atoms with E-state index in [1.807, 2.05) is 30.0 Å². The Bertz CT molecular complexity index is 515. The number of ether oxygens (including phenoxy) is 1. The maximum absolute atomic E-state index is 11.9. The normalized spacial score (nSPS) is 20.8. The van der Waals surface area contributed by atoms with Crippen LogP contribution in [-0.4, -0.2) is 41.7 Å². The lowest BCUT2D eigenvalue weighted by Crippen LogP contribution is -2.46. The van der Waals surface area contributed by atoms with Crippen LogP contribution in [0, 0.1) is 0 Å². The van der Waals surface area contributed by atoms with Crippen LogP contribution in [0.25, 0.3) is 0 Å². The second kappa shape index (κ2) is 8.94. The van der Waals surface area contributed by atoms with Gasteiger partial charge in [0.25, 0.3) is 0 Å². The predicted octanol–water partition coefficient (Wildman–Crippen LogP) is 2.99. The molecule has 0 saturated heterocycles. The zero-order valence-electron chi connectivity index (χ0n) is 14.2. The van der Waals surface area contributed by atoms with Gasteiger partial charge in [-0.25, -0.2) is 0 Å². The lowest BCUT2D eigenvalue weighted by atomic mass is 10.1. The molecule has 0 unspecified atom stereocenters. The summed E-state index contributed by atoms with van der Waals surface area (Å²) in [7, 11) is 0. The van der Waals surface area contributed by atoms with Gasteiger partial charge in [0.15, 0.2) is 0 Å². The maximum atomic E-state index is 11.9. The van der Waals surface area contributed by atoms with Crippen molar-refractivity contribution in [1.29, 1.82) is 0 Å². The van der Waals surface area contributed by atoms with Crippen molar-refractivity contribution in [2.75, 3.05) is 13.1 Å². The van der Waals surface area contributed by atoms with E-state index in [4.69, 9.17) is 4.74 Å². The van der Waals surface area contributed by atoms with Gasteiger partial charge >= 0.3 is 0 Å². The predicted molar refractivity (Wildman–Crippen MR) is 90.2 cm³/mol. The molecule has 0 N–H and O–H groups in total. The molecule has 1 aliphatic carbocycles. The smallest absolute Gasteiger partial charge is 0.146 e. The number of Topliss-reactive ketones (excluding diaryl/α,β-unsaturated/α-hetero) is 2. The number of rotatable bonds is 9. The van der Waals surface area contributed by atoms with Crippen molar-refractivity contribution < 1.29 is 14.3 Å². The number of nitrogens with zero attached hydrogens (tertiary/aromatic N) is 1. The number of carbonyl (C=O) groups excluding carboxylic acids is 2. The summed E-state index contributed by atoms with van der Waals surface area (Å²) in [6.07, 6.45) is 3.67. The summed E-state index contributed by atoms with van der Waals surface area (Å²) in [5, 5.41) is 0. The minimum absolute atomic E-state index is 0.0965. The molecular weight excluding hydrogens is 290 g/mol. The van der Waals surface area contributed by atoms with Crippen LogP contribution in [0.1, 0.15) is 45.1 Å². The van der Waals surface area contributed by atoms with Gasteiger partial charge in [0.05, 0.1) is 25.8 Å². The Balaban J connectivity index is 1.98. The summed E-state index contributed by atoms with van der Waals surface area (Å²) in [5.41, 5.74) is 1.15. The second-order valence-electron chi connectivity index (χ2n) is 6.33.